The Hall–Kier alpha value is -1.53. The van der Waals surface area contributed by atoms with Gasteiger partial charge in [-0.25, -0.2) is 4.39 Å². The van der Waals surface area contributed by atoms with Crippen LogP contribution >= 0.6 is 12.2 Å². The summed E-state index contributed by atoms with van der Waals surface area (Å²) in [5.74, 6) is -0.0315. The van der Waals surface area contributed by atoms with Crippen molar-refractivity contribution < 1.29 is 9.18 Å². The number of rotatable bonds is 7. The minimum atomic E-state index is -0.427. The molecular formula is C15H22FN3OS. The summed E-state index contributed by atoms with van der Waals surface area (Å²) in [6.45, 7) is 5.55. The lowest BCUT2D eigenvalue weighted by Gasteiger charge is -2.17. The topological polar surface area (TPSA) is 58.4 Å². The number of amides is 1. The molecule has 21 heavy (non-hydrogen) atoms. The molecule has 0 aliphatic carbocycles. The first kappa shape index (κ1) is 17.5. The minimum Gasteiger partial charge on any atom is -0.389 e. The standard InChI is InChI=1S/C15H22FN3OS/c1-10(2)7-18-14(20)9-19(3)8-11-4-5-13(16)12(6-11)15(17)21/h4-6,10H,7-9H2,1-3H3,(H2,17,21)(H,18,20). The number of carbonyl (C=O) groups is 1. The van der Waals surface area contributed by atoms with E-state index in [2.05, 4.69) is 5.32 Å². The summed E-state index contributed by atoms with van der Waals surface area (Å²) in [6.07, 6.45) is 0. The number of thiocarbonyl (C=S) groups is 1. The van der Waals surface area contributed by atoms with E-state index in [1.165, 1.54) is 6.07 Å². The van der Waals surface area contributed by atoms with Gasteiger partial charge in [-0.1, -0.05) is 32.1 Å². The van der Waals surface area contributed by atoms with Crippen LogP contribution in [0.15, 0.2) is 18.2 Å². The molecule has 0 aliphatic rings. The maximum Gasteiger partial charge on any atom is 0.234 e. The SMILES string of the molecule is CC(C)CNC(=O)CN(C)Cc1ccc(F)c(C(N)=S)c1. The average molecular weight is 311 g/mol. The molecule has 6 heteroatoms. The van der Waals surface area contributed by atoms with Gasteiger partial charge in [0.15, 0.2) is 0 Å². The van der Waals surface area contributed by atoms with Crippen LogP contribution in [0.1, 0.15) is 25.0 Å². The lowest BCUT2D eigenvalue weighted by Crippen LogP contribution is -2.36. The number of halogens is 1. The third-order valence-corrected chi connectivity index (χ3v) is 3.09. The summed E-state index contributed by atoms with van der Waals surface area (Å²) < 4.78 is 13.5. The Balaban J connectivity index is 2.58. The number of hydrogen-bond acceptors (Lipinski definition) is 3. The van der Waals surface area contributed by atoms with Crippen LogP contribution in [0.25, 0.3) is 0 Å². The van der Waals surface area contributed by atoms with Crippen LogP contribution in [-0.2, 0) is 11.3 Å². The van der Waals surface area contributed by atoms with Gasteiger partial charge in [0, 0.05) is 18.7 Å². The molecule has 0 atom stereocenters. The third kappa shape index (κ3) is 6.18. The smallest absolute Gasteiger partial charge is 0.234 e. The molecule has 3 N–H and O–H groups in total. The van der Waals surface area contributed by atoms with E-state index in [9.17, 15) is 9.18 Å². The van der Waals surface area contributed by atoms with E-state index in [1.54, 1.807) is 12.1 Å². The van der Waals surface area contributed by atoms with Crippen molar-refractivity contribution in [3.63, 3.8) is 0 Å². The number of benzene rings is 1. The summed E-state index contributed by atoms with van der Waals surface area (Å²) in [5, 5.41) is 2.86. The predicted molar refractivity (Wildman–Crippen MR) is 86.5 cm³/mol. The van der Waals surface area contributed by atoms with Crippen molar-refractivity contribution in [2.24, 2.45) is 11.7 Å². The Morgan fingerprint density at radius 2 is 2.14 bits per heavy atom. The van der Waals surface area contributed by atoms with Crippen LogP contribution in [0.3, 0.4) is 0 Å². The summed E-state index contributed by atoms with van der Waals surface area (Å²) >= 11 is 4.81. The Labute approximate surface area is 130 Å². The molecule has 0 aromatic heterocycles. The van der Waals surface area contributed by atoms with E-state index < -0.39 is 5.82 Å². The fraction of sp³-hybridized carbons (Fsp3) is 0.467. The van der Waals surface area contributed by atoms with E-state index in [-0.39, 0.29) is 23.0 Å². The summed E-state index contributed by atoms with van der Waals surface area (Å²) in [5.41, 5.74) is 6.57. The van der Waals surface area contributed by atoms with Gasteiger partial charge in [0.05, 0.1) is 6.54 Å². The first-order valence-electron chi connectivity index (χ1n) is 6.83. The lowest BCUT2D eigenvalue weighted by atomic mass is 10.1. The summed E-state index contributed by atoms with van der Waals surface area (Å²) in [6, 6.07) is 4.64. The molecule has 0 aliphatic heterocycles. The highest BCUT2D eigenvalue weighted by molar-refractivity contribution is 7.80. The number of likely N-dealkylation sites (N-methyl/N-ethyl adjacent to an activating group) is 1. The molecule has 1 rings (SSSR count). The van der Waals surface area contributed by atoms with Crippen molar-refractivity contribution in [2.45, 2.75) is 20.4 Å². The zero-order valence-corrected chi connectivity index (χ0v) is 13.5. The Morgan fingerprint density at radius 3 is 2.71 bits per heavy atom. The second-order valence-corrected chi connectivity index (χ2v) is 5.99. The van der Waals surface area contributed by atoms with Gasteiger partial charge in [-0.3, -0.25) is 9.69 Å². The van der Waals surface area contributed by atoms with Crippen LogP contribution in [0.5, 0.6) is 0 Å². The van der Waals surface area contributed by atoms with E-state index >= 15 is 0 Å². The van der Waals surface area contributed by atoms with Crippen LogP contribution in [0, 0.1) is 11.7 Å². The van der Waals surface area contributed by atoms with Crippen LogP contribution in [0.4, 0.5) is 4.39 Å². The third-order valence-electron chi connectivity index (χ3n) is 2.87. The molecule has 0 radical (unpaired) electrons. The van der Waals surface area contributed by atoms with Gasteiger partial charge < -0.3 is 11.1 Å². The molecule has 0 spiro atoms. The molecule has 1 aromatic carbocycles. The Kier molecular flexibility index (Phi) is 6.71. The maximum atomic E-state index is 13.5. The summed E-state index contributed by atoms with van der Waals surface area (Å²) in [7, 11) is 1.83. The molecule has 0 unspecified atom stereocenters. The molecule has 0 bridgehead atoms. The van der Waals surface area contributed by atoms with Crippen LogP contribution in [0.2, 0.25) is 0 Å². The quantitative estimate of drug-likeness (QED) is 0.752. The van der Waals surface area contributed by atoms with Crippen molar-refractivity contribution in [1.29, 1.82) is 0 Å². The predicted octanol–water partition coefficient (Wildman–Crippen LogP) is 1.66. The van der Waals surface area contributed by atoms with Gasteiger partial charge in [-0.05, 0) is 30.7 Å². The highest BCUT2D eigenvalue weighted by atomic mass is 32.1. The van der Waals surface area contributed by atoms with Gasteiger partial charge in [-0.2, -0.15) is 0 Å². The van der Waals surface area contributed by atoms with Crippen molar-refractivity contribution >= 4 is 23.1 Å². The number of hydrogen-bond donors (Lipinski definition) is 2. The minimum absolute atomic E-state index is 0.0251. The van der Waals surface area contributed by atoms with Crippen molar-refractivity contribution in [3.8, 4) is 0 Å². The van der Waals surface area contributed by atoms with Gasteiger partial charge in [0.25, 0.3) is 0 Å². The Morgan fingerprint density at radius 1 is 1.48 bits per heavy atom. The van der Waals surface area contributed by atoms with E-state index in [1.807, 2.05) is 25.8 Å². The number of carbonyl (C=O) groups excluding carboxylic acids is 1. The van der Waals surface area contributed by atoms with Gasteiger partial charge >= 0.3 is 0 Å². The molecule has 0 heterocycles. The van der Waals surface area contributed by atoms with E-state index in [4.69, 9.17) is 18.0 Å². The zero-order chi connectivity index (χ0) is 16.0. The van der Waals surface area contributed by atoms with Gasteiger partial charge in [-0.15, -0.1) is 0 Å². The molecule has 4 nitrogen and oxygen atoms in total. The maximum absolute atomic E-state index is 13.5. The van der Waals surface area contributed by atoms with Crippen LogP contribution in [-0.4, -0.2) is 35.9 Å². The van der Waals surface area contributed by atoms with Gasteiger partial charge in [0.1, 0.15) is 10.8 Å². The molecule has 0 saturated carbocycles. The van der Waals surface area contributed by atoms with Crippen molar-refractivity contribution in [3.05, 3.63) is 35.1 Å². The number of nitrogens with zero attached hydrogens (tertiary/aromatic N) is 1. The molecule has 116 valence electrons. The second-order valence-electron chi connectivity index (χ2n) is 5.55. The zero-order valence-electron chi connectivity index (χ0n) is 12.6. The number of nitrogens with one attached hydrogen (secondary N) is 1. The fourth-order valence-electron chi connectivity index (χ4n) is 1.85. The average Bonchev–Trinajstić information content (AvgIpc) is 2.38. The second kappa shape index (κ2) is 8.05. The fourth-order valence-corrected chi connectivity index (χ4v) is 2.00. The lowest BCUT2D eigenvalue weighted by molar-refractivity contribution is -0.122. The Bertz CT molecular complexity index is 520. The molecule has 0 fully saturated rings. The largest absolute Gasteiger partial charge is 0.389 e. The van der Waals surface area contributed by atoms with Crippen LogP contribution < -0.4 is 11.1 Å². The van der Waals surface area contributed by atoms with Gasteiger partial charge in [0.2, 0.25) is 5.91 Å². The molecule has 1 amide bonds. The highest BCUT2D eigenvalue weighted by Gasteiger charge is 2.10. The normalized spacial score (nSPS) is 11.0. The monoisotopic (exact) mass is 311 g/mol. The van der Waals surface area contributed by atoms with Crippen molar-refractivity contribution in [1.82, 2.24) is 10.2 Å². The first-order valence-corrected chi connectivity index (χ1v) is 7.24. The van der Waals surface area contributed by atoms with E-state index in [0.29, 0.717) is 19.0 Å². The molecule has 0 saturated heterocycles. The first-order chi connectivity index (χ1) is 9.79. The highest BCUT2D eigenvalue weighted by Crippen LogP contribution is 2.12. The molecule has 1 aromatic rings. The van der Waals surface area contributed by atoms with E-state index in [0.717, 1.165) is 5.56 Å². The molecular weight excluding hydrogens is 289 g/mol. The van der Waals surface area contributed by atoms with Crippen molar-refractivity contribution in [2.75, 3.05) is 20.1 Å². The number of nitrogens with two attached hydrogens (primary N) is 1. The summed E-state index contributed by atoms with van der Waals surface area (Å²) in [4.78, 5) is 13.6.